The van der Waals surface area contributed by atoms with Crippen molar-refractivity contribution in [3.8, 4) is 0 Å². The molecule has 1 fully saturated rings. The second kappa shape index (κ2) is 11.2. The fourth-order valence-electron chi connectivity index (χ4n) is 2.55. The Labute approximate surface area is 195 Å². The number of carbonyl (C=O) groups excluding carboxylic acids is 3. The van der Waals surface area contributed by atoms with E-state index in [2.05, 4.69) is 10.6 Å². The zero-order valence-electron chi connectivity index (χ0n) is 15.4. The van der Waals surface area contributed by atoms with Gasteiger partial charge in [0.25, 0.3) is 5.91 Å². The van der Waals surface area contributed by atoms with Gasteiger partial charge in [-0.2, -0.15) is 0 Å². The first-order chi connectivity index (χ1) is 11.9. The predicted octanol–water partition coefficient (Wildman–Crippen LogP) is -3.60. The second-order valence-electron chi connectivity index (χ2n) is 6.51. The maximum Gasteiger partial charge on any atom is 1.00 e. The number of carboxylic acids is 1. The molecule has 26 heavy (non-hydrogen) atoms. The molecule has 0 spiro atoms. The summed E-state index contributed by atoms with van der Waals surface area (Å²) >= 11 is 0. The van der Waals surface area contributed by atoms with Crippen molar-refractivity contribution in [2.45, 2.75) is 44.9 Å². The smallest absolute Gasteiger partial charge is 0.547 e. The number of rotatable bonds is 9. The van der Waals surface area contributed by atoms with Gasteiger partial charge in [-0.15, -0.1) is 0 Å². The molecule has 0 bridgehead atoms. The molecule has 0 unspecified atom stereocenters. The van der Waals surface area contributed by atoms with Crippen LogP contribution in [-0.4, -0.2) is 42.6 Å². The van der Waals surface area contributed by atoms with Crippen LogP contribution in [0.4, 0.5) is 0 Å². The minimum Gasteiger partial charge on any atom is -0.547 e. The zero-order valence-corrected chi connectivity index (χ0v) is 18.5. The fourth-order valence-corrected chi connectivity index (χ4v) is 2.55. The van der Waals surface area contributed by atoms with Crippen LogP contribution in [0.1, 0.15) is 25.8 Å². The average Bonchev–Trinajstić information content (AvgIpc) is 3.35. The van der Waals surface area contributed by atoms with Gasteiger partial charge in [-0.25, -0.2) is 0 Å². The van der Waals surface area contributed by atoms with Gasteiger partial charge in [-0.1, -0.05) is 44.2 Å². The summed E-state index contributed by atoms with van der Waals surface area (Å²) in [4.78, 5) is 35.0. The number of aliphatic carboxylic acids is 1. The SMILES string of the molecule is CC(C)C[C@H](NC(=O)[C@H]1O[C@@H]1C(=O)[O-])C(=O)NCCc1ccccc1.[K+]. The number of epoxide rings is 1. The van der Waals surface area contributed by atoms with Crippen LogP contribution in [0, 0.1) is 5.92 Å². The van der Waals surface area contributed by atoms with E-state index >= 15 is 0 Å². The second-order valence-corrected chi connectivity index (χ2v) is 6.51. The molecule has 1 aliphatic rings. The van der Waals surface area contributed by atoms with Gasteiger partial charge in [0, 0.05) is 6.54 Å². The molecule has 7 nitrogen and oxygen atoms in total. The molecule has 3 atom stereocenters. The van der Waals surface area contributed by atoms with Crippen molar-refractivity contribution in [3.63, 3.8) is 0 Å². The molecule has 136 valence electrons. The maximum atomic E-state index is 12.4. The van der Waals surface area contributed by atoms with Crippen LogP contribution < -0.4 is 67.1 Å². The molecule has 1 aromatic rings. The zero-order chi connectivity index (χ0) is 18.4. The first-order valence-electron chi connectivity index (χ1n) is 8.36. The Morgan fingerprint density at radius 3 is 2.35 bits per heavy atom. The standard InChI is InChI=1S/C18H24N2O5.K/c1-11(2)10-13(20-17(22)14-15(25-14)18(23)24)16(21)19-9-8-12-6-4-3-5-7-12;/h3-7,11,13-15H,8-10H2,1-2H3,(H,19,21)(H,20,22)(H,23,24);/q;+1/p-1/t13-,14-,15-;/m0./s1. The number of hydrogen-bond donors (Lipinski definition) is 2. The van der Waals surface area contributed by atoms with E-state index in [1.807, 2.05) is 44.2 Å². The first kappa shape index (κ1) is 23.3. The summed E-state index contributed by atoms with van der Waals surface area (Å²) in [5.41, 5.74) is 1.11. The molecule has 1 aromatic carbocycles. The van der Waals surface area contributed by atoms with Crippen LogP contribution in [0.5, 0.6) is 0 Å². The van der Waals surface area contributed by atoms with Gasteiger partial charge >= 0.3 is 51.4 Å². The summed E-state index contributed by atoms with van der Waals surface area (Å²) in [5.74, 6) is -2.13. The van der Waals surface area contributed by atoms with E-state index in [9.17, 15) is 19.5 Å². The van der Waals surface area contributed by atoms with E-state index in [-0.39, 0.29) is 63.2 Å². The van der Waals surface area contributed by atoms with E-state index in [0.717, 1.165) is 5.56 Å². The molecular formula is C18H23KN2O5. The van der Waals surface area contributed by atoms with Crippen molar-refractivity contribution in [2.24, 2.45) is 5.92 Å². The van der Waals surface area contributed by atoms with Crippen molar-refractivity contribution in [1.29, 1.82) is 0 Å². The molecule has 0 saturated carbocycles. The third-order valence-corrected chi connectivity index (χ3v) is 3.88. The van der Waals surface area contributed by atoms with Gasteiger partial charge in [0.1, 0.15) is 12.1 Å². The first-order valence-corrected chi connectivity index (χ1v) is 8.36. The summed E-state index contributed by atoms with van der Waals surface area (Å²) in [6, 6.07) is 9.02. The van der Waals surface area contributed by atoms with Gasteiger partial charge in [-0.3, -0.25) is 9.59 Å². The van der Waals surface area contributed by atoms with Crippen LogP contribution >= 0.6 is 0 Å². The van der Waals surface area contributed by atoms with E-state index in [1.165, 1.54) is 0 Å². The van der Waals surface area contributed by atoms with Gasteiger partial charge in [-0.05, 0) is 24.3 Å². The number of carboxylic acid groups (broad SMARTS) is 1. The van der Waals surface area contributed by atoms with Gasteiger partial charge < -0.3 is 25.3 Å². The molecule has 0 aromatic heterocycles. The van der Waals surface area contributed by atoms with E-state index in [0.29, 0.717) is 19.4 Å². The van der Waals surface area contributed by atoms with Gasteiger partial charge in [0.2, 0.25) is 5.91 Å². The number of hydrogen-bond acceptors (Lipinski definition) is 5. The van der Waals surface area contributed by atoms with Crippen LogP contribution in [-0.2, 0) is 25.5 Å². The van der Waals surface area contributed by atoms with Crippen LogP contribution in [0.15, 0.2) is 30.3 Å². The number of nitrogens with one attached hydrogen (secondary N) is 2. The molecule has 2 rings (SSSR count). The molecule has 0 radical (unpaired) electrons. The monoisotopic (exact) mass is 386 g/mol. The minimum absolute atomic E-state index is 0. The van der Waals surface area contributed by atoms with Crippen LogP contribution in [0.2, 0.25) is 0 Å². The molecule has 0 aliphatic carbocycles. The Morgan fingerprint density at radius 1 is 1.15 bits per heavy atom. The summed E-state index contributed by atoms with van der Waals surface area (Å²) in [7, 11) is 0. The number of amides is 2. The maximum absolute atomic E-state index is 12.4. The number of benzene rings is 1. The molecule has 8 heteroatoms. The van der Waals surface area contributed by atoms with Crippen molar-refractivity contribution in [2.75, 3.05) is 6.54 Å². The molecule has 2 N–H and O–H groups in total. The molecule has 1 heterocycles. The van der Waals surface area contributed by atoms with Gasteiger partial charge in [0.05, 0.1) is 5.97 Å². The summed E-state index contributed by atoms with van der Waals surface area (Å²) in [6.07, 6.45) is -1.16. The Hall–Kier alpha value is -0.774. The van der Waals surface area contributed by atoms with Crippen LogP contribution in [0.25, 0.3) is 0 Å². The molecule has 1 aliphatic heterocycles. The quantitative estimate of drug-likeness (QED) is 0.337. The number of ether oxygens (including phenoxy) is 1. The third-order valence-electron chi connectivity index (χ3n) is 3.88. The molecule has 1 saturated heterocycles. The molecule has 2 amide bonds. The minimum atomic E-state index is -1.42. The van der Waals surface area contributed by atoms with E-state index < -0.39 is 30.1 Å². The molecular weight excluding hydrogens is 363 g/mol. The fraction of sp³-hybridized carbons (Fsp3) is 0.500. The summed E-state index contributed by atoms with van der Waals surface area (Å²) in [5, 5.41) is 16.0. The Bertz CT molecular complexity index is 623. The van der Waals surface area contributed by atoms with Crippen molar-refractivity contribution >= 4 is 17.8 Å². The summed E-state index contributed by atoms with van der Waals surface area (Å²) in [6.45, 7) is 4.33. The van der Waals surface area contributed by atoms with Crippen molar-refractivity contribution in [3.05, 3.63) is 35.9 Å². The summed E-state index contributed by atoms with van der Waals surface area (Å²) < 4.78 is 4.76. The largest absolute Gasteiger partial charge is 1.00 e. The topological polar surface area (TPSA) is 111 Å². The normalized spacial score (nSPS) is 19.2. The average molecular weight is 386 g/mol. The Morgan fingerprint density at radius 2 is 1.81 bits per heavy atom. The predicted molar refractivity (Wildman–Crippen MR) is 88.2 cm³/mol. The van der Waals surface area contributed by atoms with E-state index in [4.69, 9.17) is 4.74 Å². The third kappa shape index (κ3) is 7.46. The Kier molecular flexibility index (Phi) is 9.98. The van der Waals surface area contributed by atoms with Crippen molar-refractivity contribution in [1.82, 2.24) is 10.6 Å². The van der Waals surface area contributed by atoms with Crippen molar-refractivity contribution < 1.29 is 75.6 Å². The number of carbonyl (C=O) groups is 3. The van der Waals surface area contributed by atoms with E-state index in [1.54, 1.807) is 0 Å². The van der Waals surface area contributed by atoms with Gasteiger partial charge in [0.15, 0.2) is 6.10 Å². The Balaban J connectivity index is 0.00000338. The van der Waals surface area contributed by atoms with Crippen LogP contribution in [0.3, 0.4) is 0 Å².